The predicted molar refractivity (Wildman–Crippen MR) is 128 cm³/mol. The van der Waals surface area contributed by atoms with Crippen LogP contribution in [0.15, 0.2) is 66.9 Å². The van der Waals surface area contributed by atoms with Gasteiger partial charge in [-0.25, -0.2) is 0 Å². The van der Waals surface area contributed by atoms with Gasteiger partial charge in [0.25, 0.3) is 5.91 Å². The number of carbonyl (C=O) groups excluding carboxylic acids is 1. The molecule has 0 spiro atoms. The van der Waals surface area contributed by atoms with E-state index in [2.05, 4.69) is 15.2 Å². The maximum absolute atomic E-state index is 12.8. The van der Waals surface area contributed by atoms with Crippen molar-refractivity contribution in [3.63, 3.8) is 0 Å². The molecule has 1 amide bonds. The van der Waals surface area contributed by atoms with E-state index in [0.717, 1.165) is 47.7 Å². The molecule has 2 heterocycles. The Balaban J connectivity index is 1.21. The van der Waals surface area contributed by atoms with E-state index in [9.17, 15) is 9.90 Å². The summed E-state index contributed by atoms with van der Waals surface area (Å²) in [4.78, 5) is 19.3. The Labute approximate surface area is 191 Å². The van der Waals surface area contributed by atoms with Crippen molar-refractivity contribution < 1.29 is 9.90 Å². The Morgan fingerprint density at radius 1 is 1.06 bits per heavy atom. The molecule has 1 fully saturated rings. The maximum atomic E-state index is 12.8. The van der Waals surface area contributed by atoms with Crippen molar-refractivity contribution in [2.45, 2.75) is 25.4 Å². The van der Waals surface area contributed by atoms with Crippen molar-refractivity contribution >= 4 is 39.2 Å². The lowest BCUT2D eigenvalue weighted by molar-refractivity contribution is 0.0909. The Hall–Kier alpha value is -3.15. The molecule has 0 saturated carbocycles. The maximum Gasteiger partial charge on any atom is 0.251 e. The molecule has 32 heavy (non-hydrogen) atoms. The van der Waals surface area contributed by atoms with Crippen LogP contribution >= 0.6 is 11.6 Å². The summed E-state index contributed by atoms with van der Waals surface area (Å²) in [5.74, 6) is 0.163. The first-order chi connectivity index (χ1) is 15.6. The van der Waals surface area contributed by atoms with Crippen molar-refractivity contribution in [3.8, 4) is 5.75 Å². The molecule has 1 saturated heterocycles. The van der Waals surface area contributed by atoms with Crippen LogP contribution in [0.1, 0.15) is 28.8 Å². The predicted octanol–water partition coefficient (Wildman–Crippen LogP) is 5.14. The van der Waals surface area contributed by atoms with E-state index in [1.807, 2.05) is 60.7 Å². The zero-order valence-corrected chi connectivity index (χ0v) is 18.3. The van der Waals surface area contributed by atoms with Crippen LogP contribution in [0.25, 0.3) is 21.7 Å². The zero-order chi connectivity index (χ0) is 22.1. The van der Waals surface area contributed by atoms with Gasteiger partial charge in [-0.1, -0.05) is 41.9 Å². The lowest BCUT2D eigenvalue weighted by Crippen LogP contribution is -2.44. The molecular formula is C26H24ClN3O2. The van der Waals surface area contributed by atoms with Crippen LogP contribution in [-0.2, 0) is 6.54 Å². The number of halogens is 1. The molecule has 6 heteroatoms. The highest BCUT2D eigenvalue weighted by Gasteiger charge is 2.23. The second-order valence-corrected chi connectivity index (χ2v) is 8.76. The number of likely N-dealkylation sites (tertiary alicyclic amines) is 1. The minimum atomic E-state index is -0.0285. The average Bonchev–Trinajstić information content (AvgIpc) is 2.83. The van der Waals surface area contributed by atoms with Gasteiger partial charge in [-0.3, -0.25) is 14.7 Å². The summed E-state index contributed by atoms with van der Waals surface area (Å²) >= 11 is 6.41. The molecular weight excluding hydrogens is 422 g/mol. The summed E-state index contributed by atoms with van der Waals surface area (Å²) in [6, 6.07) is 19.5. The first kappa shape index (κ1) is 20.7. The van der Waals surface area contributed by atoms with Crippen LogP contribution in [-0.4, -0.2) is 40.0 Å². The molecule has 0 bridgehead atoms. The van der Waals surface area contributed by atoms with E-state index >= 15 is 0 Å². The molecule has 1 aromatic heterocycles. The summed E-state index contributed by atoms with van der Waals surface area (Å²) in [6.07, 6.45) is 3.38. The van der Waals surface area contributed by atoms with Crippen LogP contribution in [0.2, 0.25) is 5.02 Å². The number of benzene rings is 3. The standard InChI is InChI=1S/C26H24ClN3O2/c27-23-15-20(25(31)24-22(23)6-3-11-28-24)16-30-12-9-21(10-13-30)29-26(32)19-8-7-17-4-1-2-5-18(17)14-19/h1-8,11,14-15,21,31H,9-10,12-13,16H2,(H,29,32). The molecule has 5 nitrogen and oxygen atoms in total. The normalized spacial score (nSPS) is 15.3. The van der Waals surface area contributed by atoms with Gasteiger partial charge < -0.3 is 10.4 Å². The summed E-state index contributed by atoms with van der Waals surface area (Å²) in [5, 5.41) is 17.4. The molecule has 1 aliphatic rings. The number of piperidine rings is 1. The van der Waals surface area contributed by atoms with Gasteiger partial charge in [-0.2, -0.15) is 0 Å². The summed E-state index contributed by atoms with van der Waals surface area (Å²) in [5.41, 5.74) is 2.00. The first-order valence-electron chi connectivity index (χ1n) is 10.9. The average molecular weight is 446 g/mol. The number of aromatic hydroxyl groups is 1. The number of rotatable bonds is 4. The third-order valence-corrected chi connectivity index (χ3v) is 6.54. The molecule has 1 aliphatic heterocycles. The summed E-state index contributed by atoms with van der Waals surface area (Å²) < 4.78 is 0. The van der Waals surface area contributed by atoms with Gasteiger partial charge in [0, 0.05) is 48.4 Å². The van der Waals surface area contributed by atoms with Gasteiger partial charge in [-0.15, -0.1) is 0 Å². The Morgan fingerprint density at radius 2 is 1.84 bits per heavy atom. The highest BCUT2D eigenvalue weighted by molar-refractivity contribution is 6.35. The fourth-order valence-corrected chi connectivity index (χ4v) is 4.72. The van der Waals surface area contributed by atoms with Crippen molar-refractivity contribution in [2.24, 2.45) is 0 Å². The van der Waals surface area contributed by atoms with Crippen LogP contribution in [0, 0.1) is 0 Å². The van der Waals surface area contributed by atoms with Crippen LogP contribution < -0.4 is 5.32 Å². The molecule has 5 rings (SSSR count). The largest absolute Gasteiger partial charge is 0.505 e. The highest BCUT2D eigenvalue weighted by Crippen LogP contribution is 2.34. The van der Waals surface area contributed by atoms with Crippen molar-refractivity contribution in [1.29, 1.82) is 0 Å². The number of pyridine rings is 1. The van der Waals surface area contributed by atoms with E-state index in [1.54, 1.807) is 6.20 Å². The Kier molecular flexibility index (Phi) is 5.68. The number of phenolic OH excluding ortho intramolecular Hbond substituents is 1. The summed E-state index contributed by atoms with van der Waals surface area (Å²) in [6.45, 7) is 2.27. The first-order valence-corrected chi connectivity index (χ1v) is 11.2. The highest BCUT2D eigenvalue weighted by atomic mass is 35.5. The third-order valence-electron chi connectivity index (χ3n) is 6.22. The van der Waals surface area contributed by atoms with Crippen molar-refractivity contribution in [2.75, 3.05) is 13.1 Å². The topological polar surface area (TPSA) is 65.5 Å². The Bertz CT molecular complexity index is 1300. The third kappa shape index (κ3) is 4.14. The lowest BCUT2D eigenvalue weighted by atomic mass is 10.0. The van der Waals surface area contributed by atoms with Crippen LogP contribution in [0.3, 0.4) is 0 Å². The van der Waals surface area contributed by atoms with Crippen LogP contribution in [0.4, 0.5) is 0 Å². The van der Waals surface area contributed by atoms with E-state index in [4.69, 9.17) is 11.6 Å². The molecule has 0 radical (unpaired) electrons. The van der Waals surface area contributed by atoms with Gasteiger partial charge >= 0.3 is 0 Å². The molecule has 0 unspecified atom stereocenters. The zero-order valence-electron chi connectivity index (χ0n) is 17.6. The number of phenols is 1. The molecule has 162 valence electrons. The van der Waals surface area contributed by atoms with Gasteiger partial charge in [0.15, 0.2) is 0 Å². The SMILES string of the molecule is O=C(NC1CCN(Cc2cc(Cl)c3cccnc3c2O)CC1)c1ccc2ccccc2c1. The van der Waals surface area contributed by atoms with Gasteiger partial charge in [0.05, 0.1) is 5.02 Å². The van der Waals surface area contributed by atoms with Crippen molar-refractivity contribution in [1.82, 2.24) is 15.2 Å². The van der Waals surface area contributed by atoms with Crippen LogP contribution in [0.5, 0.6) is 5.75 Å². The minimum absolute atomic E-state index is 0.0285. The van der Waals surface area contributed by atoms with Crippen molar-refractivity contribution in [3.05, 3.63) is 83.0 Å². The number of hydrogen-bond donors (Lipinski definition) is 2. The van der Waals surface area contributed by atoms with Gasteiger partial charge in [-0.05, 0) is 53.9 Å². The number of amides is 1. The molecule has 2 N–H and O–H groups in total. The van der Waals surface area contributed by atoms with E-state index < -0.39 is 0 Å². The molecule has 0 aliphatic carbocycles. The van der Waals surface area contributed by atoms with Gasteiger partial charge in [0.2, 0.25) is 0 Å². The number of carbonyl (C=O) groups is 1. The number of fused-ring (bicyclic) bond motifs is 2. The quantitative estimate of drug-likeness (QED) is 0.456. The number of hydrogen-bond acceptors (Lipinski definition) is 4. The van der Waals surface area contributed by atoms with Gasteiger partial charge in [0.1, 0.15) is 11.3 Å². The number of nitrogens with zero attached hydrogens (tertiary/aromatic N) is 2. The smallest absolute Gasteiger partial charge is 0.251 e. The van der Waals surface area contributed by atoms with E-state index in [0.29, 0.717) is 22.6 Å². The molecule has 4 aromatic rings. The Morgan fingerprint density at radius 3 is 2.66 bits per heavy atom. The molecule has 0 atom stereocenters. The minimum Gasteiger partial charge on any atom is -0.505 e. The molecule has 3 aromatic carbocycles. The number of aromatic nitrogens is 1. The number of nitrogens with one attached hydrogen (secondary N) is 1. The summed E-state index contributed by atoms with van der Waals surface area (Å²) in [7, 11) is 0. The fourth-order valence-electron chi connectivity index (χ4n) is 4.43. The second-order valence-electron chi connectivity index (χ2n) is 8.35. The van der Waals surface area contributed by atoms with E-state index in [1.165, 1.54) is 0 Å². The second kappa shape index (κ2) is 8.77. The monoisotopic (exact) mass is 445 g/mol. The lowest BCUT2D eigenvalue weighted by Gasteiger charge is -2.32. The van der Waals surface area contributed by atoms with E-state index in [-0.39, 0.29) is 17.7 Å². The fraction of sp³-hybridized carbons (Fsp3) is 0.231.